The van der Waals surface area contributed by atoms with E-state index in [0.29, 0.717) is 5.56 Å². The zero-order valence-electron chi connectivity index (χ0n) is 9.97. The van der Waals surface area contributed by atoms with E-state index in [9.17, 15) is 4.79 Å². The Kier molecular flexibility index (Phi) is 2.71. The van der Waals surface area contributed by atoms with Gasteiger partial charge in [0.05, 0.1) is 0 Å². The van der Waals surface area contributed by atoms with Crippen molar-refractivity contribution >= 4 is 16.9 Å². The van der Waals surface area contributed by atoms with E-state index in [4.69, 9.17) is 5.73 Å². The lowest BCUT2D eigenvalue weighted by Gasteiger charge is -2.30. The van der Waals surface area contributed by atoms with E-state index in [0.717, 1.165) is 37.0 Å². The first-order chi connectivity index (χ1) is 8.74. The first-order valence-corrected chi connectivity index (χ1v) is 6.09. The fraction of sp³-hybridized carbons (Fsp3) is 0.417. The molecular weight excluding hydrogens is 230 g/mol. The number of nitrogens with one attached hydrogen (secondary N) is 1. The van der Waals surface area contributed by atoms with Gasteiger partial charge in [0.1, 0.15) is 11.0 Å². The Morgan fingerprint density at radius 3 is 2.78 bits per heavy atom. The average Bonchev–Trinajstić information content (AvgIpc) is 2.86. The quantitative estimate of drug-likeness (QED) is 0.766. The topological polar surface area (TPSA) is 87.9 Å². The minimum Gasteiger partial charge on any atom is -0.339 e. The summed E-state index contributed by atoms with van der Waals surface area (Å²) in [4.78, 5) is 14.2. The molecule has 18 heavy (non-hydrogen) atoms. The van der Waals surface area contributed by atoms with Crippen molar-refractivity contribution in [3.63, 3.8) is 0 Å². The van der Waals surface area contributed by atoms with E-state index < -0.39 is 0 Å². The molecule has 94 valence electrons. The third-order valence-electron chi connectivity index (χ3n) is 3.39. The number of nitrogens with two attached hydrogens (primary N) is 1. The van der Waals surface area contributed by atoms with Crippen LogP contribution < -0.4 is 5.73 Å². The molecule has 0 atom stereocenters. The van der Waals surface area contributed by atoms with E-state index in [1.165, 1.54) is 0 Å². The van der Waals surface area contributed by atoms with Crippen molar-refractivity contribution < 1.29 is 4.79 Å². The number of piperidine rings is 1. The largest absolute Gasteiger partial charge is 0.339 e. The lowest BCUT2D eigenvalue weighted by molar-refractivity contribution is 0.0715. The van der Waals surface area contributed by atoms with Crippen molar-refractivity contribution in [3.05, 3.63) is 23.8 Å². The second-order valence-electron chi connectivity index (χ2n) is 4.66. The molecule has 6 heteroatoms. The number of amides is 1. The summed E-state index contributed by atoms with van der Waals surface area (Å²) in [6.45, 7) is 1.47. The van der Waals surface area contributed by atoms with Gasteiger partial charge in [-0.1, -0.05) is 0 Å². The number of carbonyl (C=O) groups excluding carboxylic acids is 1. The zero-order valence-corrected chi connectivity index (χ0v) is 9.97. The number of aromatic nitrogens is 3. The maximum atomic E-state index is 12.3. The summed E-state index contributed by atoms with van der Waals surface area (Å²) < 4.78 is 0. The van der Waals surface area contributed by atoms with Crippen molar-refractivity contribution in [2.75, 3.05) is 13.1 Å². The van der Waals surface area contributed by atoms with Crippen molar-refractivity contribution in [1.82, 2.24) is 20.3 Å². The molecule has 3 rings (SSSR count). The van der Waals surface area contributed by atoms with Crippen LogP contribution in [0.5, 0.6) is 0 Å². The van der Waals surface area contributed by atoms with Crippen molar-refractivity contribution in [3.8, 4) is 0 Å². The standard InChI is InChI=1S/C12H15N5O/c13-9-3-5-17(6-4-9)12(18)8-1-2-10-11(7-8)15-16-14-10/h1-2,7,9H,3-6,13H2,(H,14,15,16). The molecule has 0 bridgehead atoms. The second kappa shape index (κ2) is 4.38. The Morgan fingerprint density at radius 1 is 1.28 bits per heavy atom. The lowest BCUT2D eigenvalue weighted by atomic mass is 10.0. The van der Waals surface area contributed by atoms with Crippen LogP contribution in [0, 0.1) is 0 Å². The van der Waals surface area contributed by atoms with Gasteiger partial charge in [0.15, 0.2) is 0 Å². The Hall–Kier alpha value is -1.95. The Labute approximate surface area is 104 Å². The summed E-state index contributed by atoms with van der Waals surface area (Å²) in [5.41, 5.74) is 7.98. The van der Waals surface area contributed by atoms with Gasteiger partial charge in [0.2, 0.25) is 0 Å². The predicted octanol–water partition coefficient (Wildman–Crippen LogP) is 0.521. The molecule has 0 radical (unpaired) electrons. The number of nitrogens with zero attached hydrogens (tertiary/aromatic N) is 3. The molecule has 2 aromatic rings. The minimum atomic E-state index is 0.0480. The highest BCUT2D eigenvalue weighted by molar-refractivity contribution is 5.97. The SMILES string of the molecule is NC1CCN(C(=O)c2ccc3n[nH]nc3c2)CC1. The van der Waals surface area contributed by atoms with Crippen LogP contribution in [0.15, 0.2) is 18.2 Å². The number of H-pyrrole nitrogens is 1. The predicted molar refractivity (Wildman–Crippen MR) is 67.0 cm³/mol. The van der Waals surface area contributed by atoms with Gasteiger partial charge in [-0.05, 0) is 31.0 Å². The van der Waals surface area contributed by atoms with Crippen LogP contribution in [-0.2, 0) is 0 Å². The Balaban J connectivity index is 1.82. The van der Waals surface area contributed by atoms with Gasteiger partial charge in [0.25, 0.3) is 5.91 Å². The number of likely N-dealkylation sites (tertiary alicyclic amines) is 1. The normalized spacial score (nSPS) is 17.3. The molecular formula is C12H15N5O. The van der Waals surface area contributed by atoms with Gasteiger partial charge in [-0.25, -0.2) is 0 Å². The number of aromatic amines is 1. The van der Waals surface area contributed by atoms with E-state index in [2.05, 4.69) is 15.4 Å². The highest BCUT2D eigenvalue weighted by atomic mass is 16.2. The van der Waals surface area contributed by atoms with Gasteiger partial charge in [-0.15, -0.1) is 0 Å². The van der Waals surface area contributed by atoms with Crippen molar-refractivity contribution in [2.24, 2.45) is 5.73 Å². The Morgan fingerprint density at radius 2 is 2.00 bits per heavy atom. The van der Waals surface area contributed by atoms with Crippen LogP contribution in [0.1, 0.15) is 23.2 Å². The number of hydrogen-bond donors (Lipinski definition) is 2. The fourth-order valence-corrected chi connectivity index (χ4v) is 2.26. The molecule has 1 aliphatic rings. The number of rotatable bonds is 1. The summed E-state index contributed by atoms with van der Waals surface area (Å²) in [6.07, 6.45) is 1.75. The molecule has 1 aromatic carbocycles. The van der Waals surface area contributed by atoms with Crippen LogP contribution in [0.25, 0.3) is 11.0 Å². The van der Waals surface area contributed by atoms with E-state index >= 15 is 0 Å². The molecule has 1 amide bonds. The summed E-state index contributed by atoms with van der Waals surface area (Å²) in [7, 11) is 0. The number of carbonyl (C=O) groups is 1. The molecule has 1 fully saturated rings. The number of hydrogen-bond acceptors (Lipinski definition) is 4. The monoisotopic (exact) mass is 245 g/mol. The third-order valence-corrected chi connectivity index (χ3v) is 3.39. The van der Waals surface area contributed by atoms with Crippen molar-refractivity contribution in [1.29, 1.82) is 0 Å². The Bertz CT molecular complexity index is 571. The summed E-state index contributed by atoms with van der Waals surface area (Å²) in [6, 6.07) is 5.60. The average molecular weight is 245 g/mol. The van der Waals surface area contributed by atoms with Crippen molar-refractivity contribution in [2.45, 2.75) is 18.9 Å². The summed E-state index contributed by atoms with van der Waals surface area (Å²) >= 11 is 0. The smallest absolute Gasteiger partial charge is 0.253 e. The molecule has 0 spiro atoms. The number of benzene rings is 1. The van der Waals surface area contributed by atoms with Gasteiger partial charge >= 0.3 is 0 Å². The molecule has 6 nitrogen and oxygen atoms in total. The molecule has 1 aromatic heterocycles. The van der Waals surface area contributed by atoms with Gasteiger partial charge in [-0.3, -0.25) is 4.79 Å². The van der Waals surface area contributed by atoms with Gasteiger partial charge in [0, 0.05) is 24.7 Å². The first-order valence-electron chi connectivity index (χ1n) is 6.09. The third kappa shape index (κ3) is 1.95. The molecule has 0 unspecified atom stereocenters. The summed E-state index contributed by atoms with van der Waals surface area (Å²) in [5, 5.41) is 10.5. The first kappa shape index (κ1) is 11.2. The van der Waals surface area contributed by atoms with Gasteiger partial charge < -0.3 is 10.6 Å². The van der Waals surface area contributed by atoms with Crippen LogP contribution >= 0.6 is 0 Å². The van der Waals surface area contributed by atoms with E-state index in [-0.39, 0.29) is 11.9 Å². The molecule has 0 saturated carbocycles. The lowest BCUT2D eigenvalue weighted by Crippen LogP contribution is -2.42. The maximum Gasteiger partial charge on any atom is 0.253 e. The van der Waals surface area contributed by atoms with E-state index in [1.54, 1.807) is 12.1 Å². The molecule has 3 N–H and O–H groups in total. The highest BCUT2D eigenvalue weighted by Gasteiger charge is 2.21. The number of fused-ring (bicyclic) bond motifs is 1. The van der Waals surface area contributed by atoms with Gasteiger partial charge in [-0.2, -0.15) is 15.4 Å². The van der Waals surface area contributed by atoms with E-state index in [1.807, 2.05) is 11.0 Å². The molecule has 1 saturated heterocycles. The minimum absolute atomic E-state index is 0.0480. The molecule has 1 aliphatic heterocycles. The maximum absolute atomic E-state index is 12.3. The second-order valence-corrected chi connectivity index (χ2v) is 4.66. The van der Waals surface area contributed by atoms with Crippen LogP contribution in [-0.4, -0.2) is 45.3 Å². The highest BCUT2D eigenvalue weighted by Crippen LogP contribution is 2.15. The molecule has 2 heterocycles. The molecule has 0 aliphatic carbocycles. The summed E-state index contributed by atoms with van der Waals surface area (Å²) in [5.74, 6) is 0.0480. The van der Waals surface area contributed by atoms with Crippen LogP contribution in [0.4, 0.5) is 0 Å². The van der Waals surface area contributed by atoms with Crippen LogP contribution in [0.2, 0.25) is 0 Å². The fourth-order valence-electron chi connectivity index (χ4n) is 2.26. The van der Waals surface area contributed by atoms with Crippen LogP contribution in [0.3, 0.4) is 0 Å². The zero-order chi connectivity index (χ0) is 12.5.